The van der Waals surface area contributed by atoms with Gasteiger partial charge in [-0.25, -0.2) is 19.4 Å². The van der Waals surface area contributed by atoms with Gasteiger partial charge >= 0.3 is 25.8 Å². The van der Waals surface area contributed by atoms with Crippen LogP contribution in [0.1, 0.15) is 96.3 Å². The molecule has 2 aromatic heterocycles. The second-order valence-corrected chi connectivity index (χ2v) is 14.9. The maximum atomic E-state index is 14.4. The number of unbranched alkanes of at least 4 members (excludes halogenated alkanes) is 9. The molecule has 17 heteroatoms. The molecule has 0 spiro atoms. The second kappa shape index (κ2) is 19.9. The molecule has 0 aliphatic carbocycles. The Morgan fingerprint density at radius 3 is 2.45 bits per heavy atom. The Bertz CT molecular complexity index is 1740. The molecule has 4 rings (SSSR count). The molecule has 1 aliphatic rings. The van der Waals surface area contributed by atoms with Crippen molar-refractivity contribution in [1.82, 2.24) is 24.6 Å². The summed E-state index contributed by atoms with van der Waals surface area (Å²) in [5.74, 6) is -0.0661. The zero-order valence-electron chi connectivity index (χ0n) is 30.2. The third-order valence-electron chi connectivity index (χ3n) is 9.00. The van der Waals surface area contributed by atoms with Crippen molar-refractivity contribution >= 4 is 36.7 Å². The molecule has 290 valence electrons. The van der Waals surface area contributed by atoms with Gasteiger partial charge in [0.05, 0.1) is 12.9 Å². The van der Waals surface area contributed by atoms with Gasteiger partial charge in [0.25, 0.3) is 0 Å². The van der Waals surface area contributed by atoms with E-state index in [2.05, 4.69) is 32.9 Å². The van der Waals surface area contributed by atoms with Crippen LogP contribution in [0.3, 0.4) is 0 Å². The van der Waals surface area contributed by atoms with Gasteiger partial charge in [0.15, 0.2) is 28.7 Å². The number of aliphatic hydroxyl groups is 1. The summed E-state index contributed by atoms with van der Waals surface area (Å²) in [5, 5.41) is 23.6. The van der Waals surface area contributed by atoms with E-state index in [1.165, 1.54) is 56.3 Å². The van der Waals surface area contributed by atoms with Crippen LogP contribution in [0.15, 0.2) is 36.7 Å². The van der Waals surface area contributed by atoms with Crippen LogP contribution in [0, 0.1) is 18.4 Å². The van der Waals surface area contributed by atoms with Crippen LogP contribution in [-0.2, 0) is 39.1 Å². The van der Waals surface area contributed by atoms with Gasteiger partial charge in [0, 0.05) is 6.42 Å². The standard InChI is InChI=1S/C36H50FN6O9P/c1-4-6-7-8-9-10-11-12-13-17-20-49-34(47)25(3)52-53(48,42-27(33(45)46)21-26-18-15-14-16-19-26)50-23-36(5-2)28(44)22-29(51-36)43-24-39-30-31(38)40-35(37)41-32(30)43/h2,14-16,18-19,24-25,27-29,44H,4,6-13,17,20-23H2,1,3H3,(H,42,48)(H,45,46)(H2,38,40,41)/t25-,27-,28-,29+,36+,53?/m0/s1. The normalized spacial score (nSPS) is 20.8. The highest BCUT2D eigenvalue weighted by Gasteiger charge is 2.50. The first-order chi connectivity index (χ1) is 25.4. The molecule has 6 atom stereocenters. The third-order valence-corrected chi connectivity index (χ3v) is 10.7. The number of nitrogens with zero attached hydrogens (tertiary/aromatic N) is 4. The number of aromatic nitrogens is 4. The molecule has 3 aromatic rings. The number of aliphatic carboxylic acids is 1. The molecule has 3 heterocycles. The van der Waals surface area contributed by atoms with Crippen LogP contribution in [0.5, 0.6) is 0 Å². The minimum absolute atomic E-state index is 0.0213. The Balaban J connectivity index is 1.42. The fourth-order valence-electron chi connectivity index (χ4n) is 5.98. The lowest BCUT2D eigenvalue weighted by molar-refractivity contribution is -0.152. The molecule has 0 saturated carbocycles. The maximum absolute atomic E-state index is 14.4. The fourth-order valence-corrected chi connectivity index (χ4v) is 7.63. The monoisotopic (exact) mass is 760 g/mol. The van der Waals surface area contributed by atoms with Gasteiger partial charge in [-0.2, -0.15) is 14.4 Å². The number of anilines is 1. The summed E-state index contributed by atoms with van der Waals surface area (Å²) in [4.78, 5) is 36.6. The van der Waals surface area contributed by atoms with Crippen molar-refractivity contribution < 1.29 is 47.3 Å². The summed E-state index contributed by atoms with van der Waals surface area (Å²) < 4.78 is 52.4. The van der Waals surface area contributed by atoms with E-state index < -0.39 is 62.4 Å². The van der Waals surface area contributed by atoms with Gasteiger partial charge < -0.3 is 25.4 Å². The summed E-state index contributed by atoms with van der Waals surface area (Å²) in [6, 6.07) is 7.09. The number of carboxylic acids is 1. The van der Waals surface area contributed by atoms with Crippen molar-refractivity contribution in [3.8, 4) is 12.3 Å². The minimum atomic E-state index is -4.74. The topological polar surface area (TPSA) is 210 Å². The smallest absolute Gasteiger partial charge is 0.407 e. The number of terminal acetylenes is 1. The van der Waals surface area contributed by atoms with Gasteiger partial charge in [-0.3, -0.25) is 18.4 Å². The molecular formula is C36H50FN6O9P. The number of nitrogens with one attached hydrogen (secondary N) is 1. The third kappa shape index (κ3) is 11.8. The molecule has 1 fully saturated rings. The number of ether oxygens (including phenoxy) is 2. The number of halogens is 1. The first kappa shape index (κ1) is 41.8. The molecule has 1 saturated heterocycles. The highest BCUT2D eigenvalue weighted by atomic mass is 31.2. The van der Waals surface area contributed by atoms with E-state index in [0.29, 0.717) is 12.0 Å². The SMILES string of the molecule is C#C[C@]1(COP(=O)(N[C@@H](Cc2ccccc2)C(=O)O)O[C@@H](C)C(=O)OCCCCCCCCCCCC)O[C@@H](n2cnc3c(N)nc(F)nc32)C[C@@H]1O. The number of nitrogen functional groups attached to an aromatic ring is 1. The van der Waals surface area contributed by atoms with E-state index in [1.807, 2.05) is 0 Å². The average molecular weight is 761 g/mol. The Morgan fingerprint density at radius 1 is 1.15 bits per heavy atom. The van der Waals surface area contributed by atoms with Crippen molar-refractivity contribution in [2.45, 2.75) is 121 Å². The number of carbonyl (C=O) groups excluding carboxylic acids is 1. The van der Waals surface area contributed by atoms with Crippen molar-refractivity contribution in [1.29, 1.82) is 0 Å². The lowest BCUT2D eigenvalue weighted by atomic mass is 9.99. The molecule has 1 unspecified atom stereocenters. The van der Waals surface area contributed by atoms with Crippen LogP contribution in [0.2, 0.25) is 0 Å². The molecule has 5 N–H and O–H groups in total. The first-order valence-electron chi connectivity index (χ1n) is 18.0. The number of hydrogen-bond acceptors (Lipinski definition) is 12. The Kier molecular flexibility index (Phi) is 15.7. The number of aliphatic hydroxyl groups excluding tert-OH is 1. The summed E-state index contributed by atoms with van der Waals surface area (Å²) in [5.41, 5.74) is 4.49. The summed E-state index contributed by atoms with van der Waals surface area (Å²) in [6.45, 7) is 2.84. The predicted molar refractivity (Wildman–Crippen MR) is 194 cm³/mol. The van der Waals surface area contributed by atoms with Gasteiger partial charge in [0.1, 0.15) is 25.0 Å². The number of carbonyl (C=O) groups is 2. The van der Waals surface area contributed by atoms with E-state index in [-0.39, 0.29) is 36.4 Å². The molecule has 0 radical (unpaired) electrons. The summed E-state index contributed by atoms with van der Waals surface area (Å²) >= 11 is 0. The minimum Gasteiger partial charge on any atom is -0.480 e. The number of hydrogen-bond donors (Lipinski definition) is 4. The van der Waals surface area contributed by atoms with Crippen molar-refractivity contribution in [2.75, 3.05) is 18.9 Å². The largest absolute Gasteiger partial charge is 0.480 e. The molecular weight excluding hydrogens is 710 g/mol. The fraction of sp³-hybridized carbons (Fsp3) is 0.583. The van der Waals surface area contributed by atoms with Gasteiger partial charge in [-0.15, -0.1) is 6.42 Å². The highest BCUT2D eigenvalue weighted by Crippen LogP contribution is 2.49. The number of carboxylic acid groups (broad SMARTS) is 1. The van der Waals surface area contributed by atoms with Gasteiger partial charge in [-0.05, 0) is 25.3 Å². The molecule has 15 nitrogen and oxygen atoms in total. The molecule has 1 aliphatic heterocycles. The lowest BCUT2D eigenvalue weighted by Crippen LogP contribution is -2.44. The number of rotatable bonds is 23. The number of nitrogens with two attached hydrogens (primary N) is 1. The Labute approximate surface area is 308 Å². The van der Waals surface area contributed by atoms with E-state index in [9.17, 15) is 28.8 Å². The number of esters is 1. The van der Waals surface area contributed by atoms with Crippen LogP contribution in [0.25, 0.3) is 11.2 Å². The van der Waals surface area contributed by atoms with Crippen molar-refractivity contribution in [3.05, 3.63) is 48.3 Å². The van der Waals surface area contributed by atoms with E-state index in [1.54, 1.807) is 30.3 Å². The average Bonchev–Trinajstić information content (AvgIpc) is 3.70. The van der Waals surface area contributed by atoms with Crippen molar-refractivity contribution in [2.24, 2.45) is 0 Å². The zero-order chi connectivity index (χ0) is 38.4. The Morgan fingerprint density at radius 2 is 1.81 bits per heavy atom. The second-order valence-electron chi connectivity index (χ2n) is 13.1. The number of fused-ring (bicyclic) bond motifs is 1. The molecule has 0 amide bonds. The predicted octanol–water partition coefficient (Wildman–Crippen LogP) is 5.48. The zero-order valence-corrected chi connectivity index (χ0v) is 31.1. The van der Waals surface area contributed by atoms with Crippen LogP contribution >= 0.6 is 7.75 Å². The molecule has 1 aromatic carbocycles. The van der Waals surface area contributed by atoms with Crippen LogP contribution in [-0.4, -0.2) is 78.7 Å². The van der Waals surface area contributed by atoms with Crippen LogP contribution < -0.4 is 10.8 Å². The summed E-state index contributed by atoms with van der Waals surface area (Å²) in [6.07, 6.45) is 12.8. The summed E-state index contributed by atoms with van der Waals surface area (Å²) in [7, 11) is -4.74. The number of benzene rings is 1. The Hall–Kier alpha value is -3.97. The first-order valence-corrected chi connectivity index (χ1v) is 19.6. The quantitative estimate of drug-likeness (QED) is 0.0310. The van der Waals surface area contributed by atoms with E-state index in [4.69, 9.17) is 30.7 Å². The molecule has 53 heavy (non-hydrogen) atoms. The van der Waals surface area contributed by atoms with Gasteiger partial charge in [0.2, 0.25) is 0 Å². The number of imidazole rings is 1. The van der Waals surface area contributed by atoms with E-state index >= 15 is 0 Å². The molecule has 0 bridgehead atoms. The maximum Gasteiger partial charge on any atom is 0.407 e. The van der Waals surface area contributed by atoms with Crippen LogP contribution in [0.4, 0.5) is 10.2 Å². The van der Waals surface area contributed by atoms with E-state index in [0.717, 1.165) is 19.3 Å². The van der Waals surface area contributed by atoms with Gasteiger partial charge in [-0.1, -0.05) is 101 Å². The highest BCUT2D eigenvalue weighted by molar-refractivity contribution is 7.51. The van der Waals surface area contributed by atoms with Crippen molar-refractivity contribution in [3.63, 3.8) is 0 Å². The lowest BCUT2D eigenvalue weighted by Gasteiger charge is -2.30.